The standard InChI is InChI=1S/3C10H20O2.Ce/c3*1-4-6-8-10(3,7-5-2)9(11)12;/h3*4-8H2,1-3H3,(H,11,12);/q;;;+3/p-3. The molecule has 0 amide bonds. The molecule has 0 saturated heterocycles. The van der Waals surface area contributed by atoms with Crippen LogP contribution in [0.1, 0.15) is 159 Å². The Kier molecular flexibility index (Phi) is 29.4. The molecular weight excluding hydrogens is 596 g/mol. The summed E-state index contributed by atoms with van der Waals surface area (Å²) in [5, 5.41) is 32.4. The fourth-order valence-electron chi connectivity index (χ4n) is 4.34. The number of carbonyl (C=O) groups excluding carboxylic acids is 3. The van der Waals surface area contributed by atoms with Gasteiger partial charge in [-0.2, -0.15) is 0 Å². The number of carboxylic acids is 3. The Labute approximate surface area is 262 Å². The van der Waals surface area contributed by atoms with E-state index in [1.165, 1.54) is 0 Å². The molecule has 0 bridgehead atoms. The number of carboxylic acid groups (broad SMARTS) is 3. The van der Waals surface area contributed by atoms with Crippen LogP contribution in [-0.2, 0) is 14.4 Å². The minimum absolute atomic E-state index is 0. The Morgan fingerprint density at radius 3 is 0.730 bits per heavy atom. The fraction of sp³-hybridized carbons (Fsp3) is 0.900. The van der Waals surface area contributed by atoms with E-state index < -0.39 is 34.2 Å². The largest absolute Gasteiger partial charge is 3.00 e. The molecular formula is C30H57CeO6. The van der Waals surface area contributed by atoms with E-state index >= 15 is 0 Å². The molecule has 7 heteroatoms. The summed E-state index contributed by atoms with van der Waals surface area (Å²) in [6.07, 6.45) is 13.3. The van der Waals surface area contributed by atoms with Gasteiger partial charge >= 0.3 is 41.7 Å². The molecule has 1 radical (unpaired) electrons. The van der Waals surface area contributed by atoms with Gasteiger partial charge in [-0.1, -0.05) is 120 Å². The summed E-state index contributed by atoms with van der Waals surface area (Å²) in [5.41, 5.74) is -1.78. The van der Waals surface area contributed by atoms with E-state index in [0.29, 0.717) is 0 Å². The Balaban J connectivity index is -0.000000218. The van der Waals surface area contributed by atoms with Crippen LogP contribution in [0.15, 0.2) is 0 Å². The van der Waals surface area contributed by atoms with Gasteiger partial charge in [0.15, 0.2) is 0 Å². The Bertz CT molecular complexity index is 516. The van der Waals surface area contributed by atoms with Crippen molar-refractivity contribution in [2.75, 3.05) is 0 Å². The van der Waals surface area contributed by atoms with Crippen molar-refractivity contribution in [1.82, 2.24) is 0 Å². The monoisotopic (exact) mass is 653 g/mol. The molecule has 0 aliphatic heterocycles. The van der Waals surface area contributed by atoms with Gasteiger partial charge in [0.2, 0.25) is 0 Å². The van der Waals surface area contributed by atoms with Crippen molar-refractivity contribution in [3.8, 4) is 0 Å². The van der Waals surface area contributed by atoms with Crippen molar-refractivity contribution in [3.05, 3.63) is 0 Å². The third kappa shape index (κ3) is 20.4. The molecule has 0 aromatic carbocycles. The maximum atomic E-state index is 10.8. The Morgan fingerprint density at radius 1 is 0.432 bits per heavy atom. The molecule has 0 N–H and O–H groups in total. The smallest absolute Gasteiger partial charge is 0.550 e. The number of rotatable bonds is 18. The second-order valence-electron chi connectivity index (χ2n) is 11.1. The van der Waals surface area contributed by atoms with Gasteiger partial charge in [-0.3, -0.25) is 0 Å². The predicted molar refractivity (Wildman–Crippen MR) is 143 cm³/mol. The predicted octanol–water partition coefficient (Wildman–Crippen LogP) is 5.20. The zero-order valence-electron chi connectivity index (χ0n) is 25.6. The van der Waals surface area contributed by atoms with Gasteiger partial charge in [0.05, 0.1) is 0 Å². The first-order chi connectivity index (χ1) is 16.7. The van der Waals surface area contributed by atoms with E-state index in [9.17, 15) is 29.7 Å². The number of hydrogen-bond donors (Lipinski definition) is 0. The van der Waals surface area contributed by atoms with Crippen molar-refractivity contribution in [1.29, 1.82) is 0 Å². The third-order valence-corrected chi connectivity index (χ3v) is 7.13. The van der Waals surface area contributed by atoms with Gasteiger partial charge in [0.1, 0.15) is 0 Å². The molecule has 0 heterocycles. The van der Waals surface area contributed by atoms with Crippen LogP contribution in [0.25, 0.3) is 0 Å². The molecule has 0 aliphatic rings. The van der Waals surface area contributed by atoms with Gasteiger partial charge in [0, 0.05) is 34.2 Å². The molecule has 0 aliphatic carbocycles. The van der Waals surface area contributed by atoms with Crippen molar-refractivity contribution < 1.29 is 71.5 Å². The van der Waals surface area contributed by atoms with E-state index in [-0.39, 0.29) is 41.7 Å². The van der Waals surface area contributed by atoms with Crippen LogP contribution < -0.4 is 15.3 Å². The van der Waals surface area contributed by atoms with E-state index in [1.54, 1.807) is 20.8 Å². The van der Waals surface area contributed by atoms with Gasteiger partial charge in [-0.25, -0.2) is 0 Å². The molecule has 0 aromatic heterocycles. The summed E-state index contributed by atoms with van der Waals surface area (Å²) in [7, 11) is 0. The second-order valence-corrected chi connectivity index (χ2v) is 11.1. The van der Waals surface area contributed by atoms with Crippen LogP contribution >= 0.6 is 0 Å². The molecule has 0 saturated carbocycles. The molecule has 217 valence electrons. The van der Waals surface area contributed by atoms with Crippen LogP contribution in [0.4, 0.5) is 0 Å². The Hall–Kier alpha value is -0.213. The first-order valence-corrected chi connectivity index (χ1v) is 14.3. The number of carbonyl (C=O) groups is 3. The quantitative estimate of drug-likeness (QED) is 0.201. The van der Waals surface area contributed by atoms with Crippen LogP contribution in [-0.4, -0.2) is 17.9 Å². The van der Waals surface area contributed by atoms with E-state index in [2.05, 4.69) is 20.8 Å². The Morgan fingerprint density at radius 2 is 0.622 bits per heavy atom. The maximum Gasteiger partial charge on any atom is 3.00 e. The van der Waals surface area contributed by atoms with Crippen LogP contribution in [0, 0.1) is 58.0 Å². The molecule has 0 rings (SSSR count). The zero-order valence-corrected chi connectivity index (χ0v) is 28.7. The summed E-state index contributed by atoms with van der Waals surface area (Å²) in [6.45, 7) is 17.6. The van der Waals surface area contributed by atoms with Crippen molar-refractivity contribution in [2.24, 2.45) is 16.2 Å². The molecule has 0 spiro atoms. The van der Waals surface area contributed by atoms with Crippen molar-refractivity contribution >= 4 is 17.9 Å². The summed E-state index contributed by atoms with van der Waals surface area (Å²) < 4.78 is 0. The van der Waals surface area contributed by atoms with Gasteiger partial charge < -0.3 is 29.7 Å². The van der Waals surface area contributed by atoms with Gasteiger partial charge in [-0.15, -0.1) is 0 Å². The summed E-state index contributed by atoms with van der Waals surface area (Å²) >= 11 is 0. The van der Waals surface area contributed by atoms with Crippen LogP contribution in [0.3, 0.4) is 0 Å². The third-order valence-electron chi connectivity index (χ3n) is 7.13. The number of unbranched alkanes of at least 4 members (excludes halogenated alkanes) is 3. The van der Waals surface area contributed by atoms with Crippen LogP contribution in [0.2, 0.25) is 0 Å². The summed E-state index contributed by atoms with van der Waals surface area (Å²) in [5.74, 6) is -2.67. The van der Waals surface area contributed by atoms with Gasteiger partial charge in [-0.05, 0) is 38.5 Å². The molecule has 6 nitrogen and oxygen atoms in total. The zero-order chi connectivity index (χ0) is 28.8. The average molecular weight is 654 g/mol. The first-order valence-electron chi connectivity index (χ1n) is 14.3. The van der Waals surface area contributed by atoms with Gasteiger partial charge in [0.25, 0.3) is 0 Å². The van der Waals surface area contributed by atoms with Crippen LogP contribution in [0.5, 0.6) is 0 Å². The summed E-state index contributed by atoms with van der Waals surface area (Å²) in [6, 6.07) is 0. The van der Waals surface area contributed by atoms with E-state index in [0.717, 1.165) is 96.3 Å². The minimum atomic E-state index is -0.891. The molecule has 3 unspecified atom stereocenters. The first kappa shape index (κ1) is 43.8. The minimum Gasteiger partial charge on any atom is -0.550 e. The fourth-order valence-corrected chi connectivity index (χ4v) is 4.34. The molecule has 37 heavy (non-hydrogen) atoms. The average Bonchev–Trinajstić information content (AvgIpc) is 2.81. The second kappa shape index (κ2) is 24.8. The van der Waals surface area contributed by atoms with Crippen molar-refractivity contribution in [2.45, 2.75) is 159 Å². The van der Waals surface area contributed by atoms with E-state index in [1.807, 2.05) is 20.8 Å². The summed E-state index contributed by atoms with van der Waals surface area (Å²) in [4.78, 5) is 32.4. The molecule has 3 atom stereocenters. The van der Waals surface area contributed by atoms with Crippen molar-refractivity contribution in [3.63, 3.8) is 0 Å². The normalized spacial score (nSPS) is 15.2. The maximum absolute atomic E-state index is 10.8. The number of aliphatic carboxylic acids is 3. The topological polar surface area (TPSA) is 120 Å². The van der Waals surface area contributed by atoms with E-state index in [4.69, 9.17) is 0 Å². The molecule has 0 fully saturated rings. The SMILES string of the molecule is CCCCC(C)(CCC)C(=O)[O-].CCCCC(C)(CCC)C(=O)[O-].CCCCC(C)(CCC)C(=O)[O-].[Ce+3]. The molecule has 0 aromatic rings. The number of hydrogen-bond acceptors (Lipinski definition) is 6.